The third-order valence-corrected chi connectivity index (χ3v) is 2.64. The fourth-order valence-corrected chi connectivity index (χ4v) is 1.93. The molecule has 2 aromatic heterocycles. The number of hydrogen-bond acceptors (Lipinski definition) is 4. The molecule has 0 amide bonds. The smallest absolute Gasteiger partial charge is 0.260 e. The zero-order valence-electron chi connectivity index (χ0n) is 9.71. The molecule has 0 atom stereocenters. The van der Waals surface area contributed by atoms with Crippen molar-refractivity contribution in [1.82, 2.24) is 19.6 Å². The van der Waals surface area contributed by atoms with E-state index in [2.05, 4.69) is 15.2 Å². The summed E-state index contributed by atoms with van der Waals surface area (Å²) in [5.41, 5.74) is 2.54. The Morgan fingerprint density at radius 3 is 2.88 bits per heavy atom. The van der Waals surface area contributed by atoms with Crippen LogP contribution in [0.5, 0.6) is 5.88 Å². The van der Waals surface area contributed by atoms with Gasteiger partial charge in [-0.25, -0.2) is 4.98 Å². The lowest BCUT2D eigenvalue weighted by Gasteiger charge is -2.07. The van der Waals surface area contributed by atoms with Gasteiger partial charge < -0.3 is 4.74 Å². The molecule has 0 aliphatic rings. The van der Waals surface area contributed by atoms with Gasteiger partial charge in [0.2, 0.25) is 5.65 Å². The minimum Gasteiger partial charge on any atom is -0.475 e. The fourth-order valence-electron chi connectivity index (χ4n) is 1.93. The molecule has 0 aliphatic heterocycles. The van der Waals surface area contributed by atoms with E-state index in [4.69, 9.17) is 4.74 Å². The van der Waals surface area contributed by atoms with E-state index in [1.165, 1.54) is 0 Å². The molecule has 5 nitrogen and oxygen atoms in total. The molecule has 0 bridgehead atoms. The van der Waals surface area contributed by atoms with E-state index in [-0.39, 0.29) is 0 Å². The van der Waals surface area contributed by atoms with Gasteiger partial charge in [0, 0.05) is 0 Å². The monoisotopic (exact) mass is 228 g/mol. The van der Waals surface area contributed by atoms with Crippen LogP contribution >= 0.6 is 0 Å². The first kappa shape index (κ1) is 10.0. The van der Waals surface area contributed by atoms with E-state index >= 15 is 0 Å². The second kappa shape index (κ2) is 3.69. The lowest BCUT2D eigenvalue weighted by Crippen LogP contribution is -2.00. The molecular formula is C12H12N4O. The lowest BCUT2D eigenvalue weighted by atomic mass is 10.3. The Morgan fingerprint density at radius 2 is 2.06 bits per heavy atom. The van der Waals surface area contributed by atoms with Crippen molar-refractivity contribution in [3.8, 4) is 5.88 Å². The molecule has 5 heteroatoms. The Hall–Kier alpha value is -2.17. The molecule has 0 N–H and O–H groups in total. The highest BCUT2D eigenvalue weighted by Crippen LogP contribution is 2.22. The highest BCUT2D eigenvalue weighted by atomic mass is 16.5. The Labute approximate surface area is 98.1 Å². The Bertz CT molecular complexity index is 689. The van der Waals surface area contributed by atoms with Crippen LogP contribution in [0, 0.1) is 6.92 Å². The van der Waals surface area contributed by atoms with Crippen molar-refractivity contribution in [2.24, 2.45) is 0 Å². The van der Waals surface area contributed by atoms with E-state index in [1.54, 1.807) is 0 Å². The number of hydrogen-bond donors (Lipinski definition) is 0. The molecule has 3 aromatic rings. The minimum atomic E-state index is 0.534. The van der Waals surface area contributed by atoms with Crippen LogP contribution in [0.2, 0.25) is 0 Å². The SMILES string of the molecule is CCOc1nc2ccccc2n2c(C)nnc12. The number of nitrogens with zero attached hydrogens (tertiary/aromatic N) is 4. The summed E-state index contributed by atoms with van der Waals surface area (Å²) in [6.07, 6.45) is 0. The number of para-hydroxylation sites is 2. The van der Waals surface area contributed by atoms with E-state index in [0.717, 1.165) is 16.9 Å². The first-order chi connectivity index (χ1) is 8.31. The van der Waals surface area contributed by atoms with Crippen LogP contribution in [0.1, 0.15) is 12.7 Å². The third-order valence-electron chi connectivity index (χ3n) is 2.64. The summed E-state index contributed by atoms with van der Waals surface area (Å²) in [5.74, 6) is 1.37. The van der Waals surface area contributed by atoms with E-state index in [0.29, 0.717) is 18.1 Å². The summed E-state index contributed by atoms with van der Waals surface area (Å²) >= 11 is 0. The van der Waals surface area contributed by atoms with E-state index < -0.39 is 0 Å². The predicted molar refractivity (Wildman–Crippen MR) is 64.2 cm³/mol. The number of fused-ring (bicyclic) bond motifs is 3. The van der Waals surface area contributed by atoms with Gasteiger partial charge in [0.15, 0.2) is 0 Å². The van der Waals surface area contributed by atoms with Crippen molar-refractivity contribution in [2.45, 2.75) is 13.8 Å². The molecule has 0 saturated carbocycles. The summed E-state index contributed by atoms with van der Waals surface area (Å²) in [6, 6.07) is 7.89. The van der Waals surface area contributed by atoms with Gasteiger partial charge in [0.1, 0.15) is 5.82 Å². The molecule has 86 valence electrons. The number of rotatable bonds is 2. The summed E-state index contributed by atoms with van der Waals surface area (Å²) < 4.78 is 7.47. The Morgan fingerprint density at radius 1 is 1.24 bits per heavy atom. The van der Waals surface area contributed by atoms with Crippen molar-refractivity contribution in [3.63, 3.8) is 0 Å². The summed E-state index contributed by atoms with van der Waals surface area (Å²) in [7, 11) is 0. The molecule has 0 fully saturated rings. The first-order valence-electron chi connectivity index (χ1n) is 5.54. The average molecular weight is 228 g/mol. The summed E-state index contributed by atoms with van der Waals surface area (Å²) in [6.45, 7) is 4.41. The van der Waals surface area contributed by atoms with Crippen molar-refractivity contribution in [3.05, 3.63) is 30.1 Å². The topological polar surface area (TPSA) is 52.3 Å². The minimum absolute atomic E-state index is 0.534. The molecule has 2 heterocycles. The maximum absolute atomic E-state index is 5.51. The van der Waals surface area contributed by atoms with Gasteiger partial charge in [-0.3, -0.25) is 4.40 Å². The van der Waals surface area contributed by atoms with Gasteiger partial charge in [-0.15, -0.1) is 10.2 Å². The molecule has 0 saturated heterocycles. The van der Waals surface area contributed by atoms with Crippen LogP contribution in [0.3, 0.4) is 0 Å². The molecule has 0 spiro atoms. The van der Waals surface area contributed by atoms with Gasteiger partial charge >= 0.3 is 0 Å². The fraction of sp³-hybridized carbons (Fsp3) is 0.250. The molecule has 17 heavy (non-hydrogen) atoms. The number of aromatic nitrogens is 4. The zero-order chi connectivity index (χ0) is 11.8. The second-order valence-electron chi connectivity index (χ2n) is 3.74. The average Bonchev–Trinajstić information content (AvgIpc) is 2.73. The van der Waals surface area contributed by atoms with Crippen molar-refractivity contribution in [1.29, 1.82) is 0 Å². The van der Waals surface area contributed by atoms with Crippen molar-refractivity contribution >= 4 is 16.7 Å². The number of aryl methyl sites for hydroxylation is 1. The quantitative estimate of drug-likeness (QED) is 0.673. The molecular weight excluding hydrogens is 216 g/mol. The number of ether oxygens (including phenoxy) is 1. The first-order valence-corrected chi connectivity index (χ1v) is 5.54. The maximum atomic E-state index is 5.51. The molecule has 1 aromatic carbocycles. The standard InChI is InChI=1S/C12H12N4O/c1-3-17-12-11-15-14-8(2)16(11)10-7-5-4-6-9(10)13-12/h4-7H,3H2,1-2H3. The van der Waals surface area contributed by atoms with Crippen LogP contribution < -0.4 is 4.74 Å². The van der Waals surface area contributed by atoms with Gasteiger partial charge in [-0.1, -0.05) is 12.1 Å². The number of benzene rings is 1. The predicted octanol–water partition coefficient (Wildman–Crippen LogP) is 1.98. The Kier molecular flexibility index (Phi) is 2.18. The van der Waals surface area contributed by atoms with Crippen LogP contribution in [0.15, 0.2) is 24.3 Å². The van der Waals surface area contributed by atoms with Gasteiger partial charge in [0.25, 0.3) is 5.88 Å². The van der Waals surface area contributed by atoms with Crippen LogP contribution in [0.4, 0.5) is 0 Å². The van der Waals surface area contributed by atoms with Crippen molar-refractivity contribution in [2.75, 3.05) is 6.61 Å². The van der Waals surface area contributed by atoms with Crippen LogP contribution in [-0.2, 0) is 0 Å². The second-order valence-corrected chi connectivity index (χ2v) is 3.74. The summed E-state index contributed by atoms with van der Waals surface area (Å²) in [5, 5.41) is 8.19. The normalized spacial score (nSPS) is 11.2. The highest BCUT2D eigenvalue weighted by molar-refractivity contribution is 5.79. The maximum Gasteiger partial charge on any atom is 0.260 e. The molecule has 0 unspecified atom stereocenters. The van der Waals surface area contributed by atoms with Crippen LogP contribution in [-0.4, -0.2) is 26.2 Å². The summed E-state index contributed by atoms with van der Waals surface area (Å²) in [4.78, 5) is 4.46. The van der Waals surface area contributed by atoms with Crippen LogP contribution in [0.25, 0.3) is 16.7 Å². The van der Waals surface area contributed by atoms with Gasteiger partial charge in [-0.2, -0.15) is 0 Å². The molecule has 0 radical (unpaired) electrons. The van der Waals surface area contributed by atoms with E-state index in [9.17, 15) is 0 Å². The van der Waals surface area contributed by atoms with Gasteiger partial charge in [0.05, 0.1) is 17.6 Å². The molecule has 0 aliphatic carbocycles. The highest BCUT2D eigenvalue weighted by Gasteiger charge is 2.12. The third kappa shape index (κ3) is 1.43. The zero-order valence-corrected chi connectivity index (χ0v) is 9.71. The molecule has 3 rings (SSSR count). The van der Waals surface area contributed by atoms with Crippen molar-refractivity contribution < 1.29 is 4.74 Å². The Balaban J connectivity index is 2.48. The largest absolute Gasteiger partial charge is 0.475 e. The van der Waals surface area contributed by atoms with Gasteiger partial charge in [-0.05, 0) is 26.0 Å². The van der Waals surface area contributed by atoms with E-state index in [1.807, 2.05) is 42.5 Å². The lowest BCUT2D eigenvalue weighted by molar-refractivity contribution is 0.330.